The minimum atomic E-state index is -4.52. The molecule has 1 aromatic rings. The Morgan fingerprint density at radius 2 is 1.81 bits per heavy atom. The zero-order valence-corrected chi connectivity index (χ0v) is 19.3. The largest absolute Gasteiger partial charge is 0.522 e. The summed E-state index contributed by atoms with van der Waals surface area (Å²) in [5.41, 5.74) is 4.88. The molecule has 0 bridgehead atoms. The van der Waals surface area contributed by atoms with Crippen molar-refractivity contribution in [2.45, 2.75) is 77.0 Å². The minimum absolute atomic E-state index is 0.0825. The first-order valence-corrected chi connectivity index (χ1v) is 11.2. The molecule has 1 aliphatic heterocycles. The molecule has 32 heavy (non-hydrogen) atoms. The fraction of sp³-hybridized carbons (Fsp3) is 0.682. The molecule has 1 aliphatic carbocycles. The molecule has 2 N–H and O–H groups in total. The normalized spacial score (nSPS) is 22.4. The molecule has 0 aromatic heterocycles. The summed E-state index contributed by atoms with van der Waals surface area (Å²) in [5, 5.41) is 0.626. The number of amides is 1. The quantitative estimate of drug-likeness (QED) is 0.545. The van der Waals surface area contributed by atoms with Gasteiger partial charge in [0.25, 0.3) is 5.91 Å². The van der Waals surface area contributed by atoms with Gasteiger partial charge in [0, 0.05) is 31.1 Å². The Labute approximate surface area is 192 Å². The van der Waals surface area contributed by atoms with Crippen LogP contribution in [0.1, 0.15) is 52.4 Å². The smallest absolute Gasteiger partial charge is 0.484 e. The average molecular weight is 484 g/mol. The van der Waals surface area contributed by atoms with Gasteiger partial charge in [-0.2, -0.15) is 0 Å². The summed E-state index contributed by atoms with van der Waals surface area (Å²) in [5.74, 6) is 0.0863. The van der Waals surface area contributed by atoms with Crippen LogP contribution in [0.3, 0.4) is 0 Å². The average Bonchev–Trinajstić information content (AvgIpc) is 2.73. The van der Waals surface area contributed by atoms with Crippen LogP contribution < -0.4 is 10.5 Å². The van der Waals surface area contributed by atoms with Crippen LogP contribution in [-0.2, 0) is 19.0 Å². The molecule has 1 aromatic carbocycles. The Balaban J connectivity index is 0.000000318. The van der Waals surface area contributed by atoms with Gasteiger partial charge in [-0.3, -0.25) is 9.53 Å². The molecule has 6 nitrogen and oxygen atoms in total. The van der Waals surface area contributed by atoms with E-state index >= 15 is 0 Å². The van der Waals surface area contributed by atoms with E-state index in [9.17, 15) is 18.0 Å². The van der Waals surface area contributed by atoms with E-state index in [-0.39, 0.29) is 18.8 Å². The predicted molar refractivity (Wildman–Crippen MR) is 116 cm³/mol. The molecule has 1 atom stereocenters. The summed E-state index contributed by atoms with van der Waals surface area (Å²) < 4.78 is 55.5. The summed E-state index contributed by atoms with van der Waals surface area (Å²) in [7, 11) is 0. The molecule has 0 radical (unpaired) electrons. The number of carbonyl (C=O) groups excluding carboxylic acids is 1. The lowest BCUT2D eigenvalue weighted by atomic mass is 9.92. The molecule has 1 saturated heterocycles. The number of nitrogens with two attached hydrogens (primary N) is 1. The molecule has 184 valence electrons. The SMILES string of the molecule is CC.FC(F)(F)OC1CC(OCCC2CCCCO2)C1.NC(=O)COc1ccc(Cl)cc1. The molecule has 10 heteroatoms. The van der Waals surface area contributed by atoms with E-state index in [4.69, 9.17) is 31.5 Å². The van der Waals surface area contributed by atoms with Crippen molar-refractivity contribution in [2.75, 3.05) is 19.8 Å². The van der Waals surface area contributed by atoms with Crippen LogP contribution in [0.4, 0.5) is 13.2 Å². The van der Waals surface area contributed by atoms with Crippen LogP contribution in [0, 0.1) is 0 Å². The van der Waals surface area contributed by atoms with Crippen LogP contribution in [0.15, 0.2) is 24.3 Å². The molecule has 0 spiro atoms. The second-order valence-electron chi connectivity index (χ2n) is 7.14. The van der Waals surface area contributed by atoms with Crippen LogP contribution in [0.25, 0.3) is 0 Å². The first kappa shape index (κ1) is 28.5. The third-order valence-corrected chi connectivity index (χ3v) is 4.87. The van der Waals surface area contributed by atoms with Gasteiger partial charge in [-0.05, 0) is 49.9 Å². The topological polar surface area (TPSA) is 80.0 Å². The third-order valence-electron chi connectivity index (χ3n) is 4.61. The molecule has 1 amide bonds. The molecule has 2 aliphatic rings. The van der Waals surface area contributed by atoms with Crippen LogP contribution in [0.2, 0.25) is 5.02 Å². The number of benzene rings is 1. The van der Waals surface area contributed by atoms with E-state index in [0.29, 0.717) is 30.2 Å². The van der Waals surface area contributed by atoms with Gasteiger partial charge in [0.1, 0.15) is 5.75 Å². The highest BCUT2D eigenvalue weighted by molar-refractivity contribution is 6.30. The number of alkyl halides is 3. The lowest BCUT2D eigenvalue weighted by Gasteiger charge is -2.35. The number of primary amides is 1. The highest BCUT2D eigenvalue weighted by Gasteiger charge is 2.40. The first-order valence-electron chi connectivity index (χ1n) is 10.9. The predicted octanol–water partition coefficient (Wildman–Crippen LogP) is 5.26. The van der Waals surface area contributed by atoms with Crippen molar-refractivity contribution in [2.24, 2.45) is 5.73 Å². The number of carbonyl (C=O) groups is 1. The molecule has 1 unspecified atom stereocenters. The fourth-order valence-electron chi connectivity index (χ4n) is 3.03. The van der Waals surface area contributed by atoms with E-state index in [2.05, 4.69) is 4.74 Å². The van der Waals surface area contributed by atoms with Crippen molar-refractivity contribution in [1.82, 2.24) is 0 Å². The number of rotatable bonds is 8. The van der Waals surface area contributed by atoms with Crippen LogP contribution >= 0.6 is 11.6 Å². The number of hydrogen-bond donors (Lipinski definition) is 1. The summed E-state index contributed by atoms with van der Waals surface area (Å²) in [6.07, 6.45) is -0.175. The van der Waals surface area contributed by atoms with E-state index in [1.54, 1.807) is 24.3 Å². The Morgan fingerprint density at radius 3 is 2.34 bits per heavy atom. The molecule has 1 heterocycles. The summed E-state index contributed by atoms with van der Waals surface area (Å²) in [6, 6.07) is 6.70. The van der Waals surface area contributed by atoms with Crippen LogP contribution in [-0.4, -0.2) is 50.4 Å². The molecule has 3 rings (SSSR count). The maximum Gasteiger partial charge on any atom is 0.522 e. The van der Waals surface area contributed by atoms with E-state index in [0.717, 1.165) is 25.9 Å². The summed E-state index contributed by atoms with van der Waals surface area (Å²) in [6.45, 7) is 5.27. The Kier molecular flexibility index (Phi) is 13.6. The number of halogens is 4. The second kappa shape index (κ2) is 15.3. The van der Waals surface area contributed by atoms with E-state index < -0.39 is 18.4 Å². The summed E-state index contributed by atoms with van der Waals surface area (Å²) in [4.78, 5) is 10.3. The lowest BCUT2D eigenvalue weighted by Crippen LogP contribution is -2.41. The van der Waals surface area contributed by atoms with E-state index in [1.807, 2.05) is 13.8 Å². The van der Waals surface area contributed by atoms with Gasteiger partial charge < -0.3 is 19.9 Å². The second-order valence-corrected chi connectivity index (χ2v) is 7.57. The maximum absolute atomic E-state index is 11.9. The molecule has 1 saturated carbocycles. The molecule has 2 fully saturated rings. The van der Waals surface area contributed by atoms with Gasteiger partial charge in [0.15, 0.2) is 6.61 Å². The standard InChI is InChI=1S/C12H19F3O3.C8H8ClNO2.C2H6/c13-12(14,15)18-11-7-10(8-11)17-6-4-9-3-1-2-5-16-9;9-6-1-3-7(4-2-6)12-5-8(10)11;1-2/h9-11H,1-8H2;1-4H,5H2,(H2,10,11);1-2H3. The molecular formula is C22H33ClF3NO5. The van der Waals surface area contributed by atoms with Crippen molar-refractivity contribution in [3.05, 3.63) is 29.3 Å². The van der Waals surface area contributed by atoms with Crippen molar-refractivity contribution in [1.29, 1.82) is 0 Å². The van der Waals surface area contributed by atoms with Crippen molar-refractivity contribution < 1.29 is 36.9 Å². The minimum Gasteiger partial charge on any atom is -0.484 e. The van der Waals surface area contributed by atoms with Gasteiger partial charge in [0.2, 0.25) is 0 Å². The highest BCUT2D eigenvalue weighted by atomic mass is 35.5. The van der Waals surface area contributed by atoms with Gasteiger partial charge >= 0.3 is 6.36 Å². The third kappa shape index (κ3) is 13.1. The van der Waals surface area contributed by atoms with Gasteiger partial charge in [-0.15, -0.1) is 13.2 Å². The Bertz CT molecular complexity index is 633. The van der Waals surface area contributed by atoms with Gasteiger partial charge in [-0.1, -0.05) is 25.4 Å². The Morgan fingerprint density at radius 1 is 1.16 bits per heavy atom. The van der Waals surface area contributed by atoms with E-state index in [1.165, 1.54) is 6.42 Å². The van der Waals surface area contributed by atoms with Crippen LogP contribution in [0.5, 0.6) is 5.75 Å². The summed E-state index contributed by atoms with van der Waals surface area (Å²) >= 11 is 5.63. The van der Waals surface area contributed by atoms with Crippen molar-refractivity contribution >= 4 is 17.5 Å². The Hall–Kier alpha value is -1.55. The fourth-order valence-corrected chi connectivity index (χ4v) is 3.15. The van der Waals surface area contributed by atoms with Gasteiger partial charge in [-0.25, -0.2) is 0 Å². The van der Waals surface area contributed by atoms with Crippen molar-refractivity contribution in [3.63, 3.8) is 0 Å². The number of hydrogen-bond acceptors (Lipinski definition) is 5. The maximum atomic E-state index is 11.9. The van der Waals surface area contributed by atoms with Crippen molar-refractivity contribution in [3.8, 4) is 5.75 Å². The van der Waals surface area contributed by atoms with Gasteiger partial charge in [0.05, 0.1) is 18.3 Å². The zero-order chi connectivity index (χ0) is 24.0. The lowest BCUT2D eigenvalue weighted by molar-refractivity contribution is -0.357. The first-order chi connectivity index (χ1) is 15.2. The zero-order valence-electron chi connectivity index (χ0n) is 18.5. The highest BCUT2D eigenvalue weighted by Crippen LogP contribution is 2.32. The monoisotopic (exact) mass is 483 g/mol. The number of ether oxygens (including phenoxy) is 4. The molecular weight excluding hydrogens is 451 g/mol.